The maximum Gasteiger partial charge on any atom is 0.269 e. The molecule has 1 aliphatic carbocycles. The van der Waals surface area contributed by atoms with Crippen LogP contribution in [0, 0.1) is 10.1 Å². The lowest BCUT2D eigenvalue weighted by Gasteiger charge is -2.28. The maximum absolute atomic E-state index is 13.0. The summed E-state index contributed by atoms with van der Waals surface area (Å²) in [7, 11) is 0. The number of nitro groups is 1. The van der Waals surface area contributed by atoms with E-state index in [1.54, 1.807) is 36.4 Å². The van der Waals surface area contributed by atoms with Gasteiger partial charge in [0.25, 0.3) is 5.69 Å². The molecule has 6 heteroatoms. The van der Waals surface area contributed by atoms with Crippen LogP contribution in [-0.4, -0.2) is 10.8 Å². The molecule has 0 spiro atoms. The van der Waals surface area contributed by atoms with Gasteiger partial charge in [-0.1, -0.05) is 42.6 Å². The Bertz CT molecular complexity index is 768. The number of amides is 1. The summed E-state index contributed by atoms with van der Waals surface area (Å²) in [5, 5.41) is 14.3. The number of carbonyl (C=O) groups is 1. The second-order valence-electron chi connectivity index (χ2n) is 6.06. The minimum absolute atomic E-state index is 0.0298. The number of rotatable bonds is 4. The Morgan fingerprint density at radius 1 is 1.12 bits per heavy atom. The molecule has 1 amide bonds. The fraction of sp³-hybridized carbons (Fsp3) is 0.278. The van der Waals surface area contributed by atoms with Crippen molar-refractivity contribution in [1.82, 2.24) is 0 Å². The summed E-state index contributed by atoms with van der Waals surface area (Å²) < 4.78 is 0. The summed E-state index contributed by atoms with van der Waals surface area (Å²) in [6.45, 7) is 0. The van der Waals surface area contributed by atoms with Crippen molar-refractivity contribution in [3.8, 4) is 0 Å². The van der Waals surface area contributed by atoms with Gasteiger partial charge >= 0.3 is 0 Å². The first kappa shape index (κ1) is 16.5. The summed E-state index contributed by atoms with van der Waals surface area (Å²) in [4.78, 5) is 23.4. The Labute approximate surface area is 144 Å². The SMILES string of the molecule is O=C(Nc1cccc(Cl)c1)C1(c2ccc([N+](=O)[O-])cc2)CCCC1. The van der Waals surface area contributed by atoms with Gasteiger partial charge in [0.1, 0.15) is 0 Å². The second-order valence-corrected chi connectivity index (χ2v) is 6.49. The van der Waals surface area contributed by atoms with Crippen molar-refractivity contribution in [2.75, 3.05) is 5.32 Å². The first-order chi connectivity index (χ1) is 11.5. The van der Waals surface area contributed by atoms with Gasteiger partial charge in [-0.3, -0.25) is 14.9 Å². The molecule has 0 atom stereocenters. The maximum atomic E-state index is 13.0. The highest BCUT2D eigenvalue weighted by Gasteiger charge is 2.42. The molecular weight excluding hydrogens is 328 g/mol. The monoisotopic (exact) mass is 344 g/mol. The van der Waals surface area contributed by atoms with E-state index in [1.807, 2.05) is 0 Å². The van der Waals surface area contributed by atoms with Gasteiger partial charge in [0, 0.05) is 22.8 Å². The molecule has 124 valence electrons. The Morgan fingerprint density at radius 2 is 1.79 bits per heavy atom. The summed E-state index contributed by atoms with van der Waals surface area (Å²) >= 11 is 5.97. The molecule has 0 aromatic heterocycles. The fourth-order valence-electron chi connectivity index (χ4n) is 3.34. The van der Waals surface area contributed by atoms with Crippen molar-refractivity contribution >= 4 is 28.9 Å². The Kier molecular flexibility index (Phi) is 4.53. The normalized spacial score (nSPS) is 15.9. The van der Waals surface area contributed by atoms with Gasteiger partial charge in [0.2, 0.25) is 5.91 Å². The van der Waals surface area contributed by atoms with E-state index < -0.39 is 10.3 Å². The van der Waals surface area contributed by atoms with Gasteiger partial charge in [-0.15, -0.1) is 0 Å². The molecule has 2 aromatic carbocycles. The van der Waals surface area contributed by atoms with Crippen LogP contribution < -0.4 is 5.32 Å². The second kappa shape index (κ2) is 6.61. The van der Waals surface area contributed by atoms with Crippen LogP contribution in [0.4, 0.5) is 11.4 Å². The van der Waals surface area contributed by atoms with Gasteiger partial charge in [0.15, 0.2) is 0 Å². The smallest absolute Gasteiger partial charge is 0.269 e. The van der Waals surface area contributed by atoms with Crippen molar-refractivity contribution in [1.29, 1.82) is 0 Å². The van der Waals surface area contributed by atoms with E-state index in [0.29, 0.717) is 10.7 Å². The Balaban J connectivity index is 1.90. The fourth-order valence-corrected chi connectivity index (χ4v) is 3.53. The van der Waals surface area contributed by atoms with Crippen LogP contribution in [0.1, 0.15) is 31.2 Å². The molecule has 0 unspecified atom stereocenters. The average Bonchev–Trinajstić information content (AvgIpc) is 3.06. The molecule has 3 rings (SSSR count). The van der Waals surface area contributed by atoms with Gasteiger partial charge < -0.3 is 5.32 Å². The number of halogens is 1. The van der Waals surface area contributed by atoms with Crippen LogP contribution >= 0.6 is 11.6 Å². The lowest BCUT2D eigenvalue weighted by molar-refractivity contribution is -0.384. The molecule has 24 heavy (non-hydrogen) atoms. The lowest BCUT2D eigenvalue weighted by atomic mass is 9.78. The Hall–Kier alpha value is -2.40. The number of non-ortho nitro benzene ring substituents is 1. The molecule has 1 aliphatic rings. The predicted octanol–water partition coefficient (Wildman–Crippen LogP) is 4.70. The predicted molar refractivity (Wildman–Crippen MR) is 93.3 cm³/mol. The lowest BCUT2D eigenvalue weighted by Crippen LogP contribution is -2.38. The van der Waals surface area contributed by atoms with E-state index in [-0.39, 0.29) is 11.6 Å². The minimum Gasteiger partial charge on any atom is -0.325 e. The minimum atomic E-state index is -0.641. The molecule has 5 nitrogen and oxygen atoms in total. The molecule has 0 aliphatic heterocycles. The van der Waals surface area contributed by atoms with E-state index in [0.717, 1.165) is 31.2 Å². The van der Waals surface area contributed by atoms with Crippen LogP contribution in [-0.2, 0) is 10.2 Å². The summed E-state index contributed by atoms with van der Waals surface area (Å²) in [6.07, 6.45) is 3.38. The van der Waals surface area contributed by atoms with Gasteiger partial charge in [-0.2, -0.15) is 0 Å². The number of carbonyl (C=O) groups excluding carboxylic acids is 1. The highest BCUT2D eigenvalue weighted by Crippen LogP contribution is 2.42. The molecule has 1 fully saturated rings. The number of anilines is 1. The highest BCUT2D eigenvalue weighted by atomic mass is 35.5. The van der Waals surface area contributed by atoms with E-state index in [4.69, 9.17) is 11.6 Å². The third-order valence-electron chi connectivity index (χ3n) is 4.60. The molecule has 2 aromatic rings. The molecule has 0 heterocycles. The number of nitrogens with zero attached hydrogens (tertiary/aromatic N) is 1. The Morgan fingerprint density at radius 3 is 2.38 bits per heavy atom. The third-order valence-corrected chi connectivity index (χ3v) is 4.84. The summed E-state index contributed by atoms with van der Waals surface area (Å²) in [5.74, 6) is -0.0869. The van der Waals surface area contributed by atoms with Crippen LogP contribution in [0.15, 0.2) is 48.5 Å². The average molecular weight is 345 g/mol. The summed E-state index contributed by atoms with van der Waals surface area (Å²) in [6, 6.07) is 13.3. The molecule has 0 bridgehead atoms. The van der Waals surface area contributed by atoms with E-state index in [2.05, 4.69) is 5.32 Å². The van der Waals surface area contributed by atoms with Gasteiger partial charge in [-0.25, -0.2) is 0 Å². The molecule has 0 saturated heterocycles. The zero-order valence-electron chi connectivity index (χ0n) is 13.0. The number of hydrogen-bond acceptors (Lipinski definition) is 3. The number of benzene rings is 2. The molecule has 1 saturated carbocycles. The number of nitro benzene ring substituents is 1. The van der Waals surface area contributed by atoms with Crippen molar-refractivity contribution in [3.63, 3.8) is 0 Å². The number of nitrogens with one attached hydrogen (secondary N) is 1. The topological polar surface area (TPSA) is 72.2 Å². The first-order valence-electron chi connectivity index (χ1n) is 7.83. The zero-order chi connectivity index (χ0) is 17.2. The standard InChI is InChI=1S/C18H17ClN2O3/c19-14-4-3-5-15(12-14)20-17(22)18(10-1-2-11-18)13-6-8-16(9-7-13)21(23)24/h3-9,12H,1-2,10-11H2,(H,20,22). The van der Waals surface area contributed by atoms with Crippen LogP contribution in [0.3, 0.4) is 0 Å². The largest absolute Gasteiger partial charge is 0.325 e. The molecular formula is C18H17ClN2O3. The van der Waals surface area contributed by atoms with Crippen molar-refractivity contribution < 1.29 is 9.72 Å². The third kappa shape index (κ3) is 3.12. The first-order valence-corrected chi connectivity index (χ1v) is 8.21. The van der Waals surface area contributed by atoms with E-state index >= 15 is 0 Å². The van der Waals surface area contributed by atoms with Gasteiger partial charge in [-0.05, 0) is 36.6 Å². The van der Waals surface area contributed by atoms with E-state index in [9.17, 15) is 14.9 Å². The van der Waals surface area contributed by atoms with Crippen LogP contribution in [0.5, 0.6) is 0 Å². The van der Waals surface area contributed by atoms with Crippen molar-refractivity contribution in [2.45, 2.75) is 31.1 Å². The van der Waals surface area contributed by atoms with E-state index in [1.165, 1.54) is 12.1 Å². The molecule has 1 N–H and O–H groups in total. The quantitative estimate of drug-likeness (QED) is 0.645. The van der Waals surface area contributed by atoms with Gasteiger partial charge in [0.05, 0.1) is 10.3 Å². The van der Waals surface area contributed by atoms with Crippen molar-refractivity contribution in [2.24, 2.45) is 0 Å². The van der Waals surface area contributed by atoms with Crippen LogP contribution in [0.2, 0.25) is 5.02 Å². The highest BCUT2D eigenvalue weighted by molar-refractivity contribution is 6.30. The molecule has 0 radical (unpaired) electrons. The summed E-state index contributed by atoms with van der Waals surface area (Å²) in [5.41, 5.74) is 0.866. The van der Waals surface area contributed by atoms with Crippen LogP contribution in [0.25, 0.3) is 0 Å². The van der Waals surface area contributed by atoms with Crippen molar-refractivity contribution in [3.05, 3.63) is 69.2 Å². The number of hydrogen-bond donors (Lipinski definition) is 1. The zero-order valence-corrected chi connectivity index (χ0v) is 13.8.